The summed E-state index contributed by atoms with van der Waals surface area (Å²) in [6.07, 6.45) is 3.32. The number of nitrogens with one attached hydrogen (secondary N) is 3. The number of unbranched alkanes of at least 4 members (excludes halogenated alkanes) is 2. The van der Waals surface area contributed by atoms with E-state index >= 15 is 0 Å². The summed E-state index contributed by atoms with van der Waals surface area (Å²) in [4.78, 5) is 45.7. The summed E-state index contributed by atoms with van der Waals surface area (Å²) in [7, 11) is 1.60. The van der Waals surface area contributed by atoms with Crippen molar-refractivity contribution in [2.75, 3.05) is 12.4 Å². The van der Waals surface area contributed by atoms with Gasteiger partial charge in [-0.15, -0.1) is 11.3 Å². The molecule has 8 nitrogen and oxygen atoms in total. The second kappa shape index (κ2) is 13.6. The molecule has 0 saturated carbocycles. The number of hydrogen-bond acceptors (Lipinski definition) is 6. The number of H-pyrrole nitrogens is 1. The average molecular weight is 581 g/mol. The highest BCUT2D eigenvalue weighted by atomic mass is 35.5. The van der Waals surface area contributed by atoms with Crippen LogP contribution < -0.4 is 15.4 Å². The molecule has 1 unspecified atom stereocenters. The lowest BCUT2D eigenvalue weighted by atomic mass is 10.0. The Morgan fingerprint density at radius 2 is 1.88 bits per heavy atom. The summed E-state index contributed by atoms with van der Waals surface area (Å²) < 4.78 is 5.36. The Morgan fingerprint density at radius 3 is 2.60 bits per heavy atom. The van der Waals surface area contributed by atoms with E-state index in [9.17, 15) is 14.4 Å². The number of benzene rings is 2. The fraction of sp³-hybridized carbons (Fsp3) is 0.333. The third-order valence-corrected chi connectivity index (χ3v) is 7.72. The highest BCUT2D eigenvalue weighted by Gasteiger charge is 2.23. The minimum absolute atomic E-state index is 0.116. The Morgan fingerprint density at radius 1 is 1.10 bits per heavy atom. The topological polar surface area (TPSA) is 113 Å². The summed E-state index contributed by atoms with van der Waals surface area (Å²) in [5, 5.41) is 9.67. The van der Waals surface area contributed by atoms with Crippen molar-refractivity contribution in [1.82, 2.24) is 15.3 Å². The molecule has 2 aromatic carbocycles. The maximum absolute atomic E-state index is 13.3. The van der Waals surface area contributed by atoms with Crippen LogP contribution in [0.25, 0.3) is 22.2 Å². The quantitative estimate of drug-likeness (QED) is 0.157. The molecule has 0 fully saturated rings. The van der Waals surface area contributed by atoms with Gasteiger partial charge in [0.25, 0.3) is 0 Å². The lowest BCUT2D eigenvalue weighted by Gasteiger charge is -2.18. The number of ketones is 1. The molecule has 0 spiro atoms. The lowest BCUT2D eigenvalue weighted by molar-refractivity contribution is -0.126. The molecule has 4 rings (SSSR count). The van der Waals surface area contributed by atoms with Gasteiger partial charge < -0.3 is 25.1 Å². The van der Waals surface area contributed by atoms with Crippen LogP contribution in [0, 0.1) is 6.92 Å². The Bertz CT molecular complexity index is 1500. The predicted molar refractivity (Wildman–Crippen MR) is 160 cm³/mol. The standard InChI is InChI=1S/C30H33ClN4O4S/c1-18(36)7-5-4-6-8-26(29(38)35-30-34-27(17-40-30)20-9-11-21(31)12-10-20)33-28(37)16-23-19(2)32-25-14-13-22(39-3)15-24(23)25/h9-15,17,26,32H,4-8,16H2,1-3H3,(H,33,37)(H,34,35,38). The van der Waals surface area contributed by atoms with Gasteiger partial charge in [-0.05, 0) is 62.6 Å². The second-order valence-corrected chi connectivity index (χ2v) is 11.1. The van der Waals surface area contributed by atoms with Crippen LogP contribution in [0.5, 0.6) is 5.75 Å². The van der Waals surface area contributed by atoms with Crippen molar-refractivity contribution < 1.29 is 19.1 Å². The maximum Gasteiger partial charge on any atom is 0.248 e. The molecule has 0 bridgehead atoms. The van der Waals surface area contributed by atoms with E-state index in [0.717, 1.165) is 46.3 Å². The Hall–Kier alpha value is -3.69. The minimum Gasteiger partial charge on any atom is -0.497 e. The first-order valence-corrected chi connectivity index (χ1v) is 14.5. The number of nitrogens with zero attached hydrogens (tertiary/aromatic N) is 1. The summed E-state index contributed by atoms with van der Waals surface area (Å²) in [5.41, 5.74) is 4.29. The molecular formula is C30H33ClN4O4S. The first kappa shape index (κ1) is 29.3. The van der Waals surface area contributed by atoms with Crippen molar-refractivity contribution in [3.8, 4) is 17.0 Å². The molecule has 2 heterocycles. The summed E-state index contributed by atoms with van der Waals surface area (Å²) in [6.45, 7) is 3.50. The highest BCUT2D eigenvalue weighted by Crippen LogP contribution is 2.28. The molecule has 10 heteroatoms. The van der Waals surface area contributed by atoms with Crippen molar-refractivity contribution in [2.45, 2.75) is 58.4 Å². The number of carbonyl (C=O) groups excluding carboxylic acids is 3. The van der Waals surface area contributed by atoms with E-state index in [1.54, 1.807) is 26.2 Å². The normalized spacial score (nSPS) is 11.8. The maximum atomic E-state index is 13.3. The monoisotopic (exact) mass is 580 g/mol. The van der Waals surface area contributed by atoms with E-state index in [1.165, 1.54) is 11.3 Å². The van der Waals surface area contributed by atoms with Gasteiger partial charge in [0.1, 0.15) is 17.6 Å². The van der Waals surface area contributed by atoms with Gasteiger partial charge >= 0.3 is 0 Å². The number of hydrogen-bond donors (Lipinski definition) is 3. The van der Waals surface area contributed by atoms with E-state index in [1.807, 2.05) is 42.6 Å². The number of anilines is 1. The number of methoxy groups -OCH3 is 1. The van der Waals surface area contributed by atoms with Crippen LogP contribution in [0.1, 0.15) is 50.3 Å². The van der Waals surface area contributed by atoms with Crippen molar-refractivity contribution in [3.05, 3.63) is 64.1 Å². The van der Waals surface area contributed by atoms with Gasteiger partial charge in [-0.25, -0.2) is 4.98 Å². The molecule has 4 aromatic rings. The first-order valence-electron chi connectivity index (χ1n) is 13.2. The van der Waals surface area contributed by atoms with Crippen LogP contribution in [0.3, 0.4) is 0 Å². The van der Waals surface area contributed by atoms with Crippen LogP contribution in [-0.2, 0) is 20.8 Å². The number of aryl methyl sites for hydroxylation is 1. The lowest BCUT2D eigenvalue weighted by Crippen LogP contribution is -2.44. The molecule has 0 aliphatic heterocycles. The summed E-state index contributed by atoms with van der Waals surface area (Å²) in [6, 6.07) is 12.3. The van der Waals surface area contributed by atoms with Crippen molar-refractivity contribution >= 4 is 56.6 Å². The SMILES string of the molecule is COc1ccc2[nH]c(C)c(CC(=O)NC(CCCCCC(C)=O)C(=O)Nc3nc(-c4ccc(Cl)cc4)cs3)c2c1. The summed E-state index contributed by atoms with van der Waals surface area (Å²) in [5.74, 6) is 0.275. The number of thiazole rings is 1. The van der Waals surface area contributed by atoms with Gasteiger partial charge in [0, 0.05) is 39.0 Å². The molecule has 0 aliphatic carbocycles. The molecule has 2 aromatic heterocycles. The first-order chi connectivity index (χ1) is 19.2. The molecule has 3 N–H and O–H groups in total. The molecule has 1 atom stereocenters. The number of ether oxygens (including phenoxy) is 1. The Labute approximate surface area is 242 Å². The fourth-order valence-electron chi connectivity index (χ4n) is 4.57. The van der Waals surface area contributed by atoms with Crippen LogP contribution in [-0.4, -0.2) is 40.7 Å². The number of Topliss-reactive ketones (excluding diaryl/α,β-unsaturated/α-hetero) is 1. The molecule has 2 amide bonds. The van der Waals surface area contributed by atoms with E-state index in [0.29, 0.717) is 35.2 Å². The minimum atomic E-state index is -0.743. The highest BCUT2D eigenvalue weighted by molar-refractivity contribution is 7.14. The van der Waals surface area contributed by atoms with Crippen LogP contribution in [0.4, 0.5) is 5.13 Å². The molecule has 40 heavy (non-hydrogen) atoms. The van der Waals surface area contributed by atoms with Crippen LogP contribution >= 0.6 is 22.9 Å². The third kappa shape index (κ3) is 7.70. The van der Waals surface area contributed by atoms with Gasteiger partial charge in [-0.2, -0.15) is 0 Å². The second-order valence-electron chi connectivity index (χ2n) is 9.77. The van der Waals surface area contributed by atoms with Gasteiger partial charge in [0.2, 0.25) is 11.8 Å². The Balaban J connectivity index is 1.45. The molecule has 0 aliphatic rings. The molecule has 210 valence electrons. The van der Waals surface area contributed by atoms with E-state index in [4.69, 9.17) is 16.3 Å². The number of aromatic nitrogens is 2. The van der Waals surface area contributed by atoms with Crippen LogP contribution in [0.15, 0.2) is 47.8 Å². The summed E-state index contributed by atoms with van der Waals surface area (Å²) >= 11 is 7.31. The van der Waals surface area contributed by atoms with Gasteiger partial charge in [0.15, 0.2) is 5.13 Å². The number of fused-ring (bicyclic) bond motifs is 1. The zero-order chi connectivity index (χ0) is 28.6. The van der Waals surface area contributed by atoms with E-state index in [-0.39, 0.29) is 24.0 Å². The van der Waals surface area contributed by atoms with E-state index in [2.05, 4.69) is 20.6 Å². The average Bonchev–Trinajstić information content (AvgIpc) is 3.51. The smallest absolute Gasteiger partial charge is 0.248 e. The fourth-order valence-corrected chi connectivity index (χ4v) is 5.42. The van der Waals surface area contributed by atoms with Crippen molar-refractivity contribution in [3.63, 3.8) is 0 Å². The Kier molecular flexibility index (Phi) is 9.95. The van der Waals surface area contributed by atoms with Gasteiger partial charge in [-0.1, -0.05) is 36.6 Å². The number of aromatic amines is 1. The van der Waals surface area contributed by atoms with Crippen molar-refractivity contribution in [2.24, 2.45) is 0 Å². The van der Waals surface area contributed by atoms with E-state index < -0.39 is 6.04 Å². The number of amides is 2. The molecule has 0 saturated heterocycles. The van der Waals surface area contributed by atoms with Gasteiger partial charge in [-0.3, -0.25) is 9.59 Å². The zero-order valence-electron chi connectivity index (χ0n) is 22.8. The number of rotatable bonds is 13. The molecular weight excluding hydrogens is 548 g/mol. The largest absolute Gasteiger partial charge is 0.497 e. The zero-order valence-corrected chi connectivity index (χ0v) is 24.4. The predicted octanol–water partition coefficient (Wildman–Crippen LogP) is 6.47. The van der Waals surface area contributed by atoms with Crippen LogP contribution in [0.2, 0.25) is 5.02 Å². The number of halogens is 1. The van der Waals surface area contributed by atoms with Crippen molar-refractivity contribution in [1.29, 1.82) is 0 Å². The molecule has 0 radical (unpaired) electrons. The van der Waals surface area contributed by atoms with Gasteiger partial charge in [0.05, 0.1) is 19.2 Å². The number of carbonyl (C=O) groups is 3. The third-order valence-electron chi connectivity index (χ3n) is 6.71.